The van der Waals surface area contributed by atoms with Crippen LogP contribution in [0, 0.1) is 6.92 Å². The number of rotatable bonds is 4. The molecule has 3 nitrogen and oxygen atoms in total. The Labute approximate surface area is 90.9 Å². The number of methoxy groups -OCH3 is 1. The van der Waals surface area contributed by atoms with Crippen molar-refractivity contribution in [2.75, 3.05) is 7.11 Å². The Morgan fingerprint density at radius 1 is 1.47 bits per heavy atom. The second-order valence-electron chi connectivity index (χ2n) is 3.76. The van der Waals surface area contributed by atoms with Gasteiger partial charge in [-0.05, 0) is 25.5 Å². The normalized spacial score (nSPS) is 14.7. The summed E-state index contributed by atoms with van der Waals surface area (Å²) in [5.41, 5.74) is 7.68. The molecule has 1 rings (SSSR count). The van der Waals surface area contributed by atoms with Crippen LogP contribution in [-0.4, -0.2) is 18.3 Å². The van der Waals surface area contributed by atoms with Gasteiger partial charge in [-0.3, -0.25) is 0 Å². The summed E-state index contributed by atoms with van der Waals surface area (Å²) >= 11 is 0. The maximum Gasteiger partial charge on any atom is 0.124 e. The monoisotopic (exact) mass is 209 g/mol. The number of benzene rings is 1. The molecule has 1 aromatic carbocycles. The fraction of sp³-hybridized carbons (Fsp3) is 0.500. The number of hydrogen-bond acceptors (Lipinski definition) is 3. The van der Waals surface area contributed by atoms with Crippen molar-refractivity contribution in [1.29, 1.82) is 0 Å². The van der Waals surface area contributed by atoms with Gasteiger partial charge >= 0.3 is 0 Å². The Morgan fingerprint density at radius 3 is 2.67 bits per heavy atom. The van der Waals surface area contributed by atoms with E-state index in [2.05, 4.69) is 0 Å². The summed E-state index contributed by atoms with van der Waals surface area (Å²) in [5.74, 6) is 0.692. The number of ether oxygens (including phenoxy) is 1. The summed E-state index contributed by atoms with van der Waals surface area (Å²) in [7, 11) is 1.60. The van der Waals surface area contributed by atoms with Gasteiger partial charge in [-0.15, -0.1) is 0 Å². The number of aryl methyl sites for hydroxylation is 1. The van der Waals surface area contributed by atoms with Crippen LogP contribution < -0.4 is 10.5 Å². The number of aliphatic hydroxyl groups excluding tert-OH is 1. The topological polar surface area (TPSA) is 55.5 Å². The Balaban J connectivity index is 3.05. The van der Waals surface area contributed by atoms with Crippen LogP contribution in [0.3, 0.4) is 0 Å². The van der Waals surface area contributed by atoms with Gasteiger partial charge in [0.1, 0.15) is 5.75 Å². The van der Waals surface area contributed by atoms with E-state index in [1.807, 2.05) is 32.0 Å². The van der Waals surface area contributed by atoms with Gasteiger partial charge in [0.25, 0.3) is 0 Å². The highest BCUT2D eigenvalue weighted by Crippen LogP contribution is 2.28. The van der Waals surface area contributed by atoms with E-state index in [9.17, 15) is 5.11 Å². The molecular weight excluding hydrogens is 190 g/mol. The molecule has 0 amide bonds. The van der Waals surface area contributed by atoms with E-state index in [0.29, 0.717) is 5.75 Å². The molecule has 1 aromatic rings. The molecule has 3 heteroatoms. The van der Waals surface area contributed by atoms with E-state index in [1.165, 1.54) is 0 Å². The number of aliphatic hydroxyl groups is 1. The van der Waals surface area contributed by atoms with Crippen molar-refractivity contribution < 1.29 is 9.84 Å². The predicted octanol–water partition coefficient (Wildman–Crippen LogP) is 1.77. The van der Waals surface area contributed by atoms with Crippen LogP contribution in [0.5, 0.6) is 5.75 Å². The van der Waals surface area contributed by atoms with Crippen molar-refractivity contribution in [2.24, 2.45) is 5.73 Å². The molecule has 84 valence electrons. The molecule has 0 fully saturated rings. The molecule has 0 saturated heterocycles. The first kappa shape index (κ1) is 12.0. The lowest BCUT2D eigenvalue weighted by Gasteiger charge is -2.20. The standard InChI is InChI=1S/C12H19NO2/c1-4-10(13)12(14)9-7-8(2)5-6-11(9)15-3/h5-7,10,12,14H,4,13H2,1-3H3. The third kappa shape index (κ3) is 2.70. The van der Waals surface area contributed by atoms with Gasteiger partial charge in [-0.1, -0.05) is 18.6 Å². The van der Waals surface area contributed by atoms with Crippen LogP contribution in [0.4, 0.5) is 0 Å². The fourth-order valence-electron chi connectivity index (χ4n) is 1.54. The molecule has 0 radical (unpaired) electrons. The molecule has 3 N–H and O–H groups in total. The molecule has 0 aromatic heterocycles. The zero-order chi connectivity index (χ0) is 11.4. The molecule has 0 saturated carbocycles. The number of hydrogen-bond donors (Lipinski definition) is 2. The van der Waals surface area contributed by atoms with E-state index in [-0.39, 0.29) is 6.04 Å². The van der Waals surface area contributed by atoms with E-state index in [0.717, 1.165) is 17.5 Å². The lowest BCUT2D eigenvalue weighted by molar-refractivity contribution is 0.141. The summed E-state index contributed by atoms with van der Waals surface area (Å²) in [6, 6.07) is 5.47. The minimum absolute atomic E-state index is 0.249. The molecule has 0 spiro atoms. The highest BCUT2D eigenvalue weighted by Gasteiger charge is 2.19. The first-order valence-electron chi connectivity index (χ1n) is 5.18. The SMILES string of the molecule is CCC(N)C(O)c1cc(C)ccc1OC. The molecule has 2 unspecified atom stereocenters. The summed E-state index contributed by atoms with van der Waals surface area (Å²) < 4.78 is 5.20. The largest absolute Gasteiger partial charge is 0.496 e. The maximum absolute atomic E-state index is 10.0. The molecule has 15 heavy (non-hydrogen) atoms. The Kier molecular flexibility index (Phi) is 4.12. The minimum atomic E-state index is -0.662. The lowest BCUT2D eigenvalue weighted by Crippen LogP contribution is -2.27. The van der Waals surface area contributed by atoms with E-state index in [4.69, 9.17) is 10.5 Å². The summed E-state index contributed by atoms with van der Waals surface area (Å²) in [4.78, 5) is 0. The molecular formula is C12H19NO2. The highest BCUT2D eigenvalue weighted by atomic mass is 16.5. The van der Waals surface area contributed by atoms with Crippen molar-refractivity contribution >= 4 is 0 Å². The molecule has 0 aliphatic rings. The average molecular weight is 209 g/mol. The fourth-order valence-corrected chi connectivity index (χ4v) is 1.54. The first-order valence-corrected chi connectivity index (χ1v) is 5.18. The first-order chi connectivity index (χ1) is 7.10. The third-order valence-corrected chi connectivity index (χ3v) is 2.58. The Hall–Kier alpha value is -1.06. The van der Waals surface area contributed by atoms with Crippen LogP contribution in [0.25, 0.3) is 0 Å². The van der Waals surface area contributed by atoms with Crippen LogP contribution in [-0.2, 0) is 0 Å². The number of nitrogens with two attached hydrogens (primary N) is 1. The van der Waals surface area contributed by atoms with Crippen LogP contribution in [0.15, 0.2) is 18.2 Å². The van der Waals surface area contributed by atoms with Crippen molar-refractivity contribution in [1.82, 2.24) is 0 Å². The molecule has 0 heterocycles. The molecule has 2 atom stereocenters. The molecule has 0 aliphatic heterocycles. The van der Waals surface area contributed by atoms with Crippen molar-refractivity contribution in [3.63, 3.8) is 0 Å². The van der Waals surface area contributed by atoms with Gasteiger partial charge in [-0.25, -0.2) is 0 Å². The lowest BCUT2D eigenvalue weighted by atomic mass is 9.98. The molecule has 0 aliphatic carbocycles. The van der Waals surface area contributed by atoms with Crippen LogP contribution in [0.2, 0.25) is 0 Å². The predicted molar refractivity (Wildman–Crippen MR) is 61.0 cm³/mol. The van der Waals surface area contributed by atoms with E-state index < -0.39 is 6.10 Å². The van der Waals surface area contributed by atoms with Crippen molar-refractivity contribution in [2.45, 2.75) is 32.4 Å². The quantitative estimate of drug-likeness (QED) is 0.794. The van der Waals surface area contributed by atoms with Gasteiger partial charge in [0.05, 0.1) is 13.2 Å². The summed E-state index contributed by atoms with van der Waals surface area (Å²) in [6.45, 7) is 3.93. The zero-order valence-corrected chi connectivity index (χ0v) is 9.53. The van der Waals surface area contributed by atoms with Crippen molar-refractivity contribution in [3.8, 4) is 5.75 Å². The zero-order valence-electron chi connectivity index (χ0n) is 9.53. The summed E-state index contributed by atoms with van der Waals surface area (Å²) in [6.07, 6.45) is 0.0722. The van der Waals surface area contributed by atoms with E-state index in [1.54, 1.807) is 7.11 Å². The summed E-state index contributed by atoms with van der Waals surface area (Å²) in [5, 5.41) is 10.0. The second-order valence-corrected chi connectivity index (χ2v) is 3.76. The van der Waals surface area contributed by atoms with Gasteiger partial charge in [0, 0.05) is 11.6 Å². The minimum Gasteiger partial charge on any atom is -0.496 e. The highest BCUT2D eigenvalue weighted by molar-refractivity contribution is 5.39. The van der Waals surface area contributed by atoms with E-state index >= 15 is 0 Å². The Morgan fingerprint density at radius 2 is 2.13 bits per heavy atom. The molecule has 0 bridgehead atoms. The third-order valence-electron chi connectivity index (χ3n) is 2.58. The van der Waals surface area contributed by atoms with Gasteiger partial charge in [0.2, 0.25) is 0 Å². The second kappa shape index (κ2) is 5.14. The van der Waals surface area contributed by atoms with Gasteiger partial charge < -0.3 is 15.6 Å². The van der Waals surface area contributed by atoms with Gasteiger partial charge in [0.15, 0.2) is 0 Å². The maximum atomic E-state index is 10.0. The van der Waals surface area contributed by atoms with Crippen molar-refractivity contribution in [3.05, 3.63) is 29.3 Å². The smallest absolute Gasteiger partial charge is 0.124 e. The Bertz CT molecular complexity index is 325. The average Bonchev–Trinajstić information content (AvgIpc) is 2.27. The van der Waals surface area contributed by atoms with Gasteiger partial charge in [-0.2, -0.15) is 0 Å². The van der Waals surface area contributed by atoms with Crippen LogP contribution >= 0.6 is 0 Å². The van der Waals surface area contributed by atoms with Crippen LogP contribution in [0.1, 0.15) is 30.6 Å².